The predicted octanol–water partition coefficient (Wildman–Crippen LogP) is 0.573. The molecule has 1 N–H and O–H groups in total. The van der Waals surface area contributed by atoms with Crippen molar-refractivity contribution in [3.05, 3.63) is 11.5 Å². The Morgan fingerprint density at radius 3 is 3.50 bits per heavy atom. The van der Waals surface area contributed by atoms with Gasteiger partial charge in [0.2, 0.25) is 0 Å². The van der Waals surface area contributed by atoms with Gasteiger partial charge in [0.1, 0.15) is 5.37 Å². The SMILES string of the molecule is C1=CC2NC=NC2S1. The van der Waals surface area contributed by atoms with E-state index in [1.807, 2.05) is 0 Å². The van der Waals surface area contributed by atoms with Crippen LogP contribution in [0.25, 0.3) is 0 Å². The van der Waals surface area contributed by atoms with Gasteiger partial charge in [-0.3, -0.25) is 4.99 Å². The zero-order valence-electron chi connectivity index (χ0n) is 4.24. The number of nitrogens with one attached hydrogen (secondary N) is 1. The summed E-state index contributed by atoms with van der Waals surface area (Å²) in [4.78, 5) is 4.16. The van der Waals surface area contributed by atoms with Crippen molar-refractivity contribution in [2.75, 3.05) is 0 Å². The van der Waals surface area contributed by atoms with E-state index in [2.05, 4.69) is 21.8 Å². The molecule has 0 aromatic carbocycles. The number of nitrogens with zero attached hydrogens (tertiary/aromatic N) is 1. The maximum absolute atomic E-state index is 4.16. The van der Waals surface area contributed by atoms with Crippen molar-refractivity contribution in [3.63, 3.8) is 0 Å². The molecule has 2 aliphatic rings. The van der Waals surface area contributed by atoms with Gasteiger partial charge in [0.15, 0.2) is 0 Å². The first-order valence-corrected chi connectivity index (χ1v) is 3.51. The first-order valence-electron chi connectivity index (χ1n) is 2.57. The summed E-state index contributed by atoms with van der Waals surface area (Å²) in [6.07, 6.45) is 3.92. The van der Waals surface area contributed by atoms with E-state index in [9.17, 15) is 0 Å². The van der Waals surface area contributed by atoms with Gasteiger partial charge in [0.05, 0.1) is 12.4 Å². The lowest BCUT2D eigenvalue weighted by atomic mass is 10.3. The number of hydrogen-bond acceptors (Lipinski definition) is 3. The van der Waals surface area contributed by atoms with Crippen molar-refractivity contribution in [3.8, 4) is 0 Å². The van der Waals surface area contributed by atoms with Gasteiger partial charge in [0.25, 0.3) is 0 Å². The Hall–Kier alpha value is -0.440. The quantitative estimate of drug-likeness (QED) is 0.513. The maximum Gasteiger partial charge on any atom is 0.124 e. The molecule has 0 bridgehead atoms. The highest BCUT2D eigenvalue weighted by molar-refractivity contribution is 8.03. The van der Waals surface area contributed by atoms with Crippen LogP contribution in [0.1, 0.15) is 0 Å². The van der Waals surface area contributed by atoms with E-state index in [1.54, 1.807) is 18.1 Å². The predicted molar refractivity (Wildman–Crippen MR) is 35.9 cm³/mol. The van der Waals surface area contributed by atoms with Crippen LogP contribution in [-0.4, -0.2) is 17.8 Å². The van der Waals surface area contributed by atoms with Crippen LogP contribution < -0.4 is 5.32 Å². The van der Waals surface area contributed by atoms with E-state index in [0.29, 0.717) is 11.4 Å². The van der Waals surface area contributed by atoms with Crippen LogP contribution in [0.2, 0.25) is 0 Å². The highest BCUT2D eigenvalue weighted by atomic mass is 32.2. The molecule has 2 atom stereocenters. The van der Waals surface area contributed by atoms with Crippen molar-refractivity contribution in [2.45, 2.75) is 11.4 Å². The van der Waals surface area contributed by atoms with E-state index in [4.69, 9.17) is 0 Å². The lowest BCUT2D eigenvalue weighted by molar-refractivity contribution is 0.774. The molecule has 42 valence electrons. The molecule has 2 nitrogen and oxygen atoms in total. The fraction of sp³-hybridized carbons (Fsp3) is 0.400. The number of thioether (sulfide) groups is 1. The van der Waals surface area contributed by atoms with E-state index in [-0.39, 0.29) is 0 Å². The van der Waals surface area contributed by atoms with Crippen molar-refractivity contribution >= 4 is 18.1 Å². The van der Waals surface area contributed by atoms with Crippen LogP contribution in [0.3, 0.4) is 0 Å². The third-order valence-electron chi connectivity index (χ3n) is 1.30. The van der Waals surface area contributed by atoms with Gasteiger partial charge in [-0.15, -0.1) is 11.8 Å². The summed E-state index contributed by atoms with van der Waals surface area (Å²) in [5.41, 5.74) is 0. The first-order chi connectivity index (χ1) is 3.97. The molecule has 2 aliphatic heterocycles. The largest absolute Gasteiger partial charge is 0.367 e. The summed E-state index contributed by atoms with van der Waals surface area (Å²) < 4.78 is 0. The molecule has 8 heavy (non-hydrogen) atoms. The molecule has 3 heteroatoms. The van der Waals surface area contributed by atoms with E-state index < -0.39 is 0 Å². The summed E-state index contributed by atoms with van der Waals surface area (Å²) in [6, 6.07) is 0.486. The number of rotatable bonds is 0. The molecule has 0 saturated carbocycles. The lowest BCUT2D eigenvalue weighted by Gasteiger charge is -2.03. The van der Waals surface area contributed by atoms with Gasteiger partial charge in [-0.25, -0.2) is 0 Å². The number of aliphatic imine (C=N–C) groups is 1. The Morgan fingerprint density at radius 1 is 1.62 bits per heavy atom. The fourth-order valence-electron chi connectivity index (χ4n) is 0.858. The van der Waals surface area contributed by atoms with Crippen LogP contribution >= 0.6 is 11.8 Å². The van der Waals surface area contributed by atoms with Gasteiger partial charge in [0, 0.05) is 0 Å². The fourth-order valence-corrected chi connectivity index (χ4v) is 1.75. The molecular weight excluding hydrogens is 120 g/mol. The first kappa shape index (κ1) is 4.44. The van der Waals surface area contributed by atoms with Gasteiger partial charge in [-0.05, 0) is 5.41 Å². The minimum Gasteiger partial charge on any atom is -0.367 e. The summed E-state index contributed by atoms with van der Waals surface area (Å²) in [5.74, 6) is 0. The molecule has 2 heterocycles. The Kier molecular flexibility index (Phi) is 0.842. The standard InChI is InChI=1S/C5H6N2S/c1-2-8-5-4(1)6-3-7-5/h1-5H,(H,6,7). The molecule has 0 spiro atoms. The number of fused-ring (bicyclic) bond motifs is 1. The topological polar surface area (TPSA) is 24.4 Å². The Morgan fingerprint density at radius 2 is 2.62 bits per heavy atom. The average Bonchev–Trinajstić information content (AvgIpc) is 2.15. The monoisotopic (exact) mass is 126 g/mol. The maximum atomic E-state index is 4.16. The smallest absolute Gasteiger partial charge is 0.124 e. The number of hydrogen-bond donors (Lipinski definition) is 1. The average molecular weight is 126 g/mol. The molecule has 0 radical (unpaired) electrons. The Labute approximate surface area is 52.1 Å². The zero-order chi connectivity index (χ0) is 5.40. The van der Waals surface area contributed by atoms with E-state index >= 15 is 0 Å². The van der Waals surface area contributed by atoms with Crippen molar-refractivity contribution in [2.24, 2.45) is 4.99 Å². The van der Waals surface area contributed by atoms with E-state index in [1.165, 1.54) is 0 Å². The summed E-state index contributed by atoms with van der Waals surface area (Å²) >= 11 is 1.77. The molecule has 0 saturated heterocycles. The lowest BCUT2D eigenvalue weighted by Crippen LogP contribution is -2.24. The molecule has 0 amide bonds. The second kappa shape index (κ2) is 1.52. The summed E-state index contributed by atoms with van der Waals surface area (Å²) in [6.45, 7) is 0. The van der Waals surface area contributed by atoms with Gasteiger partial charge >= 0.3 is 0 Å². The molecule has 2 rings (SSSR count). The van der Waals surface area contributed by atoms with Crippen LogP contribution in [0.4, 0.5) is 0 Å². The Balaban J connectivity index is 2.20. The molecule has 0 aliphatic carbocycles. The van der Waals surface area contributed by atoms with Crippen LogP contribution in [0.5, 0.6) is 0 Å². The van der Waals surface area contributed by atoms with Crippen LogP contribution in [0.15, 0.2) is 16.5 Å². The third kappa shape index (κ3) is 0.478. The van der Waals surface area contributed by atoms with Crippen molar-refractivity contribution in [1.29, 1.82) is 0 Å². The van der Waals surface area contributed by atoms with Crippen LogP contribution in [-0.2, 0) is 0 Å². The van der Waals surface area contributed by atoms with Crippen molar-refractivity contribution < 1.29 is 0 Å². The second-order valence-electron chi connectivity index (χ2n) is 1.83. The van der Waals surface area contributed by atoms with E-state index in [0.717, 1.165) is 0 Å². The minimum absolute atomic E-state index is 0.440. The van der Waals surface area contributed by atoms with Gasteiger partial charge in [-0.2, -0.15) is 0 Å². The molecule has 0 fully saturated rings. The van der Waals surface area contributed by atoms with Gasteiger partial charge < -0.3 is 5.32 Å². The van der Waals surface area contributed by atoms with Crippen LogP contribution in [0, 0.1) is 0 Å². The van der Waals surface area contributed by atoms with Gasteiger partial charge in [-0.1, -0.05) is 6.08 Å². The minimum atomic E-state index is 0.440. The second-order valence-corrected chi connectivity index (χ2v) is 2.85. The third-order valence-corrected chi connectivity index (χ3v) is 2.31. The zero-order valence-corrected chi connectivity index (χ0v) is 5.06. The summed E-state index contributed by atoms with van der Waals surface area (Å²) in [5, 5.41) is 5.66. The highest BCUT2D eigenvalue weighted by Gasteiger charge is 2.24. The molecule has 0 aromatic rings. The van der Waals surface area contributed by atoms with Crippen molar-refractivity contribution in [1.82, 2.24) is 5.32 Å². The molecular formula is C5H6N2S. The Bertz CT molecular complexity index is 135. The molecule has 0 aromatic heterocycles. The normalized spacial score (nSPS) is 40.0. The summed E-state index contributed by atoms with van der Waals surface area (Å²) in [7, 11) is 0. The molecule has 2 unspecified atom stereocenters. The highest BCUT2D eigenvalue weighted by Crippen LogP contribution is 2.26.